The summed E-state index contributed by atoms with van der Waals surface area (Å²) >= 11 is 0. The highest BCUT2D eigenvalue weighted by molar-refractivity contribution is 5.63. The smallest absolute Gasteiger partial charge is 0.0355 e. The zero-order valence-electron chi connectivity index (χ0n) is 14.5. The molecule has 0 saturated carbocycles. The maximum absolute atomic E-state index is 6.40. The lowest BCUT2D eigenvalue weighted by Gasteiger charge is -2.35. The first-order chi connectivity index (χ1) is 11.0. The third kappa shape index (κ3) is 2.15. The predicted octanol–water partition coefficient (Wildman–Crippen LogP) is 5.01. The van der Waals surface area contributed by atoms with Crippen LogP contribution < -0.4 is 11.5 Å². The molecule has 0 radical (unpaired) electrons. The monoisotopic (exact) mass is 308 g/mol. The van der Waals surface area contributed by atoms with Crippen LogP contribution in [-0.4, -0.2) is 0 Å². The zero-order chi connectivity index (χ0) is 16.7. The van der Waals surface area contributed by atoms with E-state index in [0.29, 0.717) is 0 Å². The second-order valence-corrected chi connectivity index (χ2v) is 6.99. The topological polar surface area (TPSA) is 52.0 Å². The second kappa shape index (κ2) is 5.59. The van der Waals surface area contributed by atoms with Crippen LogP contribution in [0, 0.1) is 0 Å². The molecule has 0 fully saturated rings. The molecule has 1 atom stereocenters. The number of para-hydroxylation sites is 1. The quantitative estimate of drug-likeness (QED) is 0.780. The van der Waals surface area contributed by atoms with Gasteiger partial charge < -0.3 is 11.5 Å². The van der Waals surface area contributed by atoms with Gasteiger partial charge in [0.1, 0.15) is 0 Å². The van der Waals surface area contributed by atoms with E-state index >= 15 is 0 Å². The van der Waals surface area contributed by atoms with Crippen molar-refractivity contribution >= 4 is 11.4 Å². The van der Waals surface area contributed by atoms with Crippen molar-refractivity contribution in [1.29, 1.82) is 0 Å². The molecule has 0 aliphatic heterocycles. The fraction of sp³-hybridized carbons (Fsp3) is 0.429. The highest BCUT2D eigenvalue weighted by Gasteiger charge is 2.50. The van der Waals surface area contributed by atoms with Crippen LogP contribution in [0.4, 0.5) is 11.4 Å². The van der Waals surface area contributed by atoms with Crippen LogP contribution in [0.3, 0.4) is 0 Å². The molecule has 0 bridgehead atoms. The Kier molecular flexibility index (Phi) is 3.87. The number of hydrogen-bond donors (Lipinski definition) is 2. The lowest BCUT2D eigenvalue weighted by Crippen LogP contribution is -2.29. The Bertz CT molecular complexity index is 716. The Morgan fingerprint density at radius 2 is 1.52 bits per heavy atom. The second-order valence-electron chi connectivity index (χ2n) is 6.99. The Morgan fingerprint density at radius 1 is 0.826 bits per heavy atom. The molecule has 0 aromatic heterocycles. The van der Waals surface area contributed by atoms with Crippen molar-refractivity contribution in [2.45, 2.75) is 57.3 Å². The third-order valence-electron chi connectivity index (χ3n) is 6.20. The van der Waals surface area contributed by atoms with Gasteiger partial charge in [0.05, 0.1) is 0 Å². The highest BCUT2D eigenvalue weighted by atomic mass is 14.6. The summed E-state index contributed by atoms with van der Waals surface area (Å²) in [5, 5.41) is 0. The Morgan fingerprint density at radius 3 is 2.13 bits per heavy atom. The van der Waals surface area contributed by atoms with Gasteiger partial charge in [0.25, 0.3) is 0 Å². The van der Waals surface area contributed by atoms with Gasteiger partial charge in [-0.05, 0) is 66.0 Å². The van der Waals surface area contributed by atoms with E-state index in [4.69, 9.17) is 11.5 Å². The molecular weight excluding hydrogens is 280 g/mol. The van der Waals surface area contributed by atoms with E-state index in [9.17, 15) is 0 Å². The van der Waals surface area contributed by atoms with E-state index in [1.165, 1.54) is 16.7 Å². The van der Waals surface area contributed by atoms with E-state index in [1.807, 2.05) is 12.1 Å². The molecular formula is C21H28N2. The molecule has 3 rings (SSSR count). The normalized spacial score (nSPS) is 22.0. The van der Waals surface area contributed by atoms with Crippen LogP contribution in [0.2, 0.25) is 0 Å². The predicted molar refractivity (Wildman–Crippen MR) is 99.7 cm³/mol. The number of nitrogen functional groups attached to an aromatic ring is 2. The molecule has 1 aliphatic carbocycles. The van der Waals surface area contributed by atoms with E-state index in [0.717, 1.165) is 37.1 Å². The molecule has 122 valence electrons. The van der Waals surface area contributed by atoms with E-state index < -0.39 is 0 Å². The van der Waals surface area contributed by atoms with Gasteiger partial charge in [-0.25, -0.2) is 0 Å². The van der Waals surface area contributed by atoms with Crippen molar-refractivity contribution in [3.05, 3.63) is 59.2 Å². The van der Waals surface area contributed by atoms with E-state index in [2.05, 4.69) is 51.1 Å². The molecule has 2 aromatic rings. The summed E-state index contributed by atoms with van der Waals surface area (Å²) in [5.74, 6) is 0. The minimum absolute atomic E-state index is 0.0257. The molecule has 2 aromatic carbocycles. The highest BCUT2D eigenvalue weighted by Crippen LogP contribution is 2.58. The summed E-state index contributed by atoms with van der Waals surface area (Å²) in [6.45, 7) is 6.90. The molecule has 1 aliphatic rings. The van der Waals surface area contributed by atoms with E-state index in [-0.39, 0.29) is 10.8 Å². The fourth-order valence-corrected chi connectivity index (χ4v) is 4.75. The summed E-state index contributed by atoms with van der Waals surface area (Å²) < 4.78 is 0. The van der Waals surface area contributed by atoms with Crippen LogP contribution in [0.5, 0.6) is 0 Å². The Balaban J connectivity index is 2.32. The standard InChI is InChI=1S/C21H28N2/c1-4-20(5-2)14-21(6-3,17-9-7-8-10-19(17)23)18-13-15(22)11-12-16(18)20/h7-13H,4-6,14,22-23H2,1-3H3. The molecule has 4 N–H and O–H groups in total. The van der Waals surface area contributed by atoms with Gasteiger partial charge in [-0.15, -0.1) is 0 Å². The van der Waals surface area contributed by atoms with Gasteiger partial charge in [0, 0.05) is 16.8 Å². The molecule has 1 unspecified atom stereocenters. The average molecular weight is 308 g/mol. The zero-order valence-corrected chi connectivity index (χ0v) is 14.5. The number of anilines is 2. The summed E-state index contributed by atoms with van der Waals surface area (Å²) in [7, 11) is 0. The third-order valence-corrected chi connectivity index (χ3v) is 6.20. The minimum atomic E-state index is -0.0257. The number of fused-ring (bicyclic) bond motifs is 1. The molecule has 0 saturated heterocycles. The van der Waals surface area contributed by atoms with E-state index in [1.54, 1.807) is 0 Å². The Hall–Kier alpha value is -1.96. The van der Waals surface area contributed by atoms with Crippen molar-refractivity contribution in [3.63, 3.8) is 0 Å². The van der Waals surface area contributed by atoms with Gasteiger partial charge in [-0.2, -0.15) is 0 Å². The number of hydrogen-bond acceptors (Lipinski definition) is 2. The van der Waals surface area contributed by atoms with Crippen molar-refractivity contribution < 1.29 is 0 Å². The number of rotatable bonds is 4. The lowest BCUT2D eigenvalue weighted by atomic mass is 9.69. The lowest BCUT2D eigenvalue weighted by molar-refractivity contribution is 0.324. The maximum Gasteiger partial charge on any atom is 0.0355 e. The summed E-state index contributed by atoms with van der Waals surface area (Å²) in [6.07, 6.45) is 4.46. The largest absolute Gasteiger partial charge is 0.399 e. The van der Waals surface area contributed by atoms with Crippen LogP contribution in [0.1, 0.15) is 63.1 Å². The number of nitrogens with two attached hydrogens (primary N) is 2. The van der Waals surface area contributed by atoms with Gasteiger partial charge in [0.2, 0.25) is 0 Å². The van der Waals surface area contributed by atoms with Crippen LogP contribution in [0.25, 0.3) is 0 Å². The molecule has 2 nitrogen and oxygen atoms in total. The molecule has 0 amide bonds. The van der Waals surface area contributed by atoms with Crippen molar-refractivity contribution in [3.8, 4) is 0 Å². The minimum Gasteiger partial charge on any atom is -0.399 e. The average Bonchev–Trinajstić information content (AvgIpc) is 2.86. The summed E-state index contributed by atoms with van der Waals surface area (Å²) in [4.78, 5) is 0. The first-order valence-corrected chi connectivity index (χ1v) is 8.78. The van der Waals surface area contributed by atoms with Crippen LogP contribution >= 0.6 is 0 Å². The summed E-state index contributed by atoms with van der Waals surface area (Å²) in [5.41, 5.74) is 18.6. The van der Waals surface area contributed by atoms with Crippen LogP contribution in [0.15, 0.2) is 42.5 Å². The van der Waals surface area contributed by atoms with Gasteiger partial charge in [0.15, 0.2) is 0 Å². The SMILES string of the molecule is CCC1(CC)CC(CC)(c2ccccc2N)c2cc(N)ccc21. The van der Waals surface area contributed by atoms with Crippen molar-refractivity contribution in [2.75, 3.05) is 11.5 Å². The van der Waals surface area contributed by atoms with Gasteiger partial charge in [-0.1, -0.05) is 45.0 Å². The van der Waals surface area contributed by atoms with Gasteiger partial charge in [-0.3, -0.25) is 0 Å². The number of benzene rings is 2. The molecule has 23 heavy (non-hydrogen) atoms. The fourth-order valence-electron chi connectivity index (χ4n) is 4.75. The van der Waals surface area contributed by atoms with Crippen molar-refractivity contribution in [2.24, 2.45) is 0 Å². The van der Waals surface area contributed by atoms with Gasteiger partial charge >= 0.3 is 0 Å². The first-order valence-electron chi connectivity index (χ1n) is 8.78. The molecule has 0 spiro atoms. The first kappa shape index (κ1) is 15.9. The van der Waals surface area contributed by atoms with Crippen LogP contribution in [-0.2, 0) is 10.8 Å². The summed E-state index contributed by atoms with van der Waals surface area (Å²) in [6, 6.07) is 14.9. The maximum atomic E-state index is 6.40. The molecule has 2 heteroatoms. The van der Waals surface area contributed by atoms with Crippen molar-refractivity contribution in [1.82, 2.24) is 0 Å². The Labute approximate surface area is 139 Å². The molecule has 0 heterocycles.